The van der Waals surface area contributed by atoms with Crippen LogP contribution in [0.1, 0.15) is 25.3 Å². The fourth-order valence-corrected chi connectivity index (χ4v) is 2.86. The quantitative estimate of drug-likeness (QED) is 0.884. The first-order valence-electron chi connectivity index (χ1n) is 6.51. The van der Waals surface area contributed by atoms with E-state index in [0.29, 0.717) is 13.0 Å². The van der Waals surface area contributed by atoms with Gasteiger partial charge in [-0.15, -0.1) is 0 Å². The van der Waals surface area contributed by atoms with Crippen molar-refractivity contribution in [2.24, 2.45) is 0 Å². The summed E-state index contributed by atoms with van der Waals surface area (Å²) in [5, 5.41) is 10.5. The average molecular weight is 259 g/mol. The lowest BCUT2D eigenvalue weighted by Crippen LogP contribution is -2.47. The summed E-state index contributed by atoms with van der Waals surface area (Å²) < 4.78 is 0. The minimum absolute atomic E-state index is 0.647. The van der Waals surface area contributed by atoms with Crippen LogP contribution in [0.2, 0.25) is 0 Å². The predicted octanol–water partition coefficient (Wildman–Crippen LogP) is 2.00. The van der Waals surface area contributed by atoms with Crippen LogP contribution in [0.15, 0.2) is 24.5 Å². The lowest BCUT2D eigenvalue weighted by Gasteiger charge is -2.30. The van der Waals surface area contributed by atoms with E-state index >= 15 is 0 Å². The zero-order valence-corrected chi connectivity index (χ0v) is 10.9. The van der Waals surface area contributed by atoms with E-state index in [-0.39, 0.29) is 0 Å². The van der Waals surface area contributed by atoms with Crippen LogP contribution in [-0.2, 0) is 11.3 Å². The molecule has 0 spiro atoms. The summed E-state index contributed by atoms with van der Waals surface area (Å²) in [6.45, 7) is 3.29. The maximum atomic E-state index is 11.5. The van der Waals surface area contributed by atoms with Gasteiger partial charge in [-0.2, -0.15) is 0 Å². The number of fused-ring (bicyclic) bond motifs is 1. The largest absolute Gasteiger partial charge is 0.480 e. The number of nitrogens with zero attached hydrogens (tertiary/aromatic N) is 2. The average Bonchev–Trinajstić information content (AvgIpc) is 2.97. The predicted molar refractivity (Wildman–Crippen MR) is 71.8 cm³/mol. The van der Waals surface area contributed by atoms with Crippen molar-refractivity contribution in [3.05, 3.63) is 30.1 Å². The summed E-state index contributed by atoms with van der Waals surface area (Å²) in [6.07, 6.45) is 5.32. The molecule has 5 nitrogen and oxygen atoms in total. The van der Waals surface area contributed by atoms with Crippen molar-refractivity contribution in [2.75, 3.05) is 6.54 Å². The molecule has 3 rings (SSSR count). The summed E-state index contributed by atoms with van der Waals surface area (Å²) in [5.74, 6) is -0.733. The maximum Gasteiger partial charge on any atom is 0.323 e. The van der Waals surface area contributed by atoms with Crippen molar-refractivity contribution in [1.82, 2.24) is 14.9 Å². The Morgan fingerprint density at radius 3 is 3.26 bits per heavy atom. The Kier molecular flexibility index (Phi) is 2.78. The SMILES string of the molecule is CC1(C(=O)O)CCCN1Cc1c[nH]c2ncccc12. The maximum absolute atomic E-state index is 11.5. The van der Waals surface area contributed by atoms with Crippen LogP contribution >= 0.6 is 0 Å². The molecule has 0 saturated carbocycles. The second kappa shape index (κ2) is 4.35. The molecule has 2 N–H and O–H groups in total. The number of carboxylic acid groups (broad SMARTS) is 1. The number of hydrogen-bond acceptors (Lipinski definition) is 3. The highest BCUT2D eigenvalue weighted by Gasteiger charge is 2.43. The fourth-order valence-electron chi connectivity index (χ4n) is 2.86. The van der Waals surface area contributed by atoms with Gasteiger partial charge in [-0.1, -0.05) is 0 Å². The number of H-pyrrole nitrogens is 1. The number of carbonyl (C=O) groups is 1. The van der Waals surface area contributed by atoms with E-state index in [0.717, 1.165) is 29.6 Å². The standard InChI is InChI=1S/C14H17N3O2/c1-14(13(18)19)5-3-7-17(14)9-10-8-16-12-11(10)4-2-6-15-12/h2,4,6,8H,3,5,7,9H2,1H3,(H,15,16)(H,18,19). The first-order valence-corrected chi connectivity index (χ1v) is 6.51. The molecule has 0 radical (unpaired) electrons. The minimum Gasteiger partial charge on any atom is -0.480 e. The van der Waals surface area contributed by atoms with Crippen molar-refractivity contribution in [1.29, 1.82) is 0 Å². The molecule has 1 fully saturated rings. The van der Waals surface area contributed by atoms with Crippen LogP contribution in [0.4, 0.5) is 0 Å². The van der Waals surface area contributed by atoms with Crippen LogP contribution in [0, 0.1) is 0 Å². The molecule has 100 valence electrons. The molecule has 1 saturated heterocycles. The van der Waals surface area contributed by atoms with E-state index in [1.54, 1.807) is 6.20 Å². The first-order chi connectivity index (χ1) is 9.11. The van der Waals surface area contributed by atoms with Crippen molar-refractivity contribution in [2.45, 2.75) is 31.8 Å². The normalized spacial score (nSPS) is 24.1. The zero-order chi connectivity index (χ0) is 13.5. The van der Waals surface area contributed by atoms with Gasteiger partial charge in [0.2, 0.25) is 0 Å². The zero-order valence-electron chi connectivity index (χ0n) is 10.9. The van der Waals surface area contributed by atoms with E-state index in [1.807, 2.05) is 30.2 Å². The Labute approximate surface area is 111 Å². The molecule has 0 aliphatic carbocycles. The third-order valence-corrected chi connectivity index (χ3v) is 4.15. The van der Waals surface area contributed by atoms with E-state index in [2.05, 4.69) is 9.97 Å². The third kappa shape index (κ3) is 1.90. The Balaban J connectivity index is 1.91. The molecule has 3 heterocycles. The van der Waals surface area contributed by atoms with Gasteiger partial charge in [-0.05, 0) is 44.0 Å². The molecule has 5 heteroatoms. The van der Waals surface area contributed by atoms with Gasteiger partial charge in [0.05, 0.1) is 0 Å². The molecule has 19 heavy (non-hydrogen) atoms. The molecule has 0 aromatic carbocycles. The molecule has 1 aliphatic heterocycles. The molecule has 2 aromatic rings. The number of nitrogens with one attached hydrogen (secondary N) is 1. The molecule has 0 bridgehead atoms. The Morgan fingerprint density at radius 2 is 2.47 bits per heavy atom. The van der Waals surface area contributed by atoms with E-state index in [4.69, 9.17) is 0 Å². The van der Waals surface area contributed by atoms with Crippen LogP contribution in [0.25, 0.3) is 11.0 Å². The fraction of sp³-hybridized carbons (Fsp3) is 0.429. The van der Waals surface area contributed by atoms with Crippen molar-refractivity contribution >= 4 is 17.0 Å². The number of aromatic amines is 1. The molecular formula is C14H17N3O2. The second-order valence-corrected chi connectivity index (χ2v) is 5.32. The van der Waals surface area contributed by atoms with Gasteiger partial charge in [0.1, 0.15) is 11.2 Å². The first kappa shape index (κ1) is 12.2. The number of pyridine rings is 1. The third-order valence-electron chi connectivity index (χ3n) is 4.15. The smallest absolute Gasteiger partial charge is 0.323 e. The molecule has 1 unspecified atom stereocenters. The summed E-state index contributed by atoms with van der Waals surface area (Å²) in [7, 11) is 0. The van der Waals surface area contributed by atoms with Crippen molar-refractivity contribution in [3.63, 3.8) is 0 Å². The number of carboxylic acids is 1. The van der Waals surface area contributed by atoms with Crippen molar-refractivity contribution in [3.8, 4) is 0 Å². The Hall–Kier alpha value is -1.88. The number of hydrogen-bond donors (Lipinski definition) is 2. The van der Waals surface area contributed by atoms with Gasteiger partial charge in [0.15, 0.2) is 0 Å². The molecular weight excluding hydrogens is 242 g/mol. The highest BCUT2D eigenvalue weighted by Crippen LogP contribution is 2.31. The molecule has 2 aromatic heterocycles. The summed E-state index contributed by atoms with van der Waals surface area (Å²) in [4.78, 5) is 20.9. The number of likely N-dealkylation sites (tertiary alicyclic amines) is 1. The van der Waals surface area contributed by atoms with Gasteiger partial charge in [-0.3, -0.25) is 9.69 Å². The van der Waals surface area contributed by atoms with Gasteiger partial charge in [0, 0.05) is 24.3 Å². The van der Waals surface area contributed by atoms with E-state index < -0.39 is 11.5 Å². The minimum atomic E-state index is -0.744. The Bertz CT molecular complexity index is 622. The van der Waals surface area contributed by atoms with Crippen LogP contribution in [-0.4, -0.2) is 38.0 Å². The van der Waals surface area contributed by atoms with Crippen LogP contribution in [0.3, 0.4) is 0 Å². The second-order valence-electron chi connectivity index (χ2n) is 5.32. The number of aliphatic carboxylic acids is 1. The Morgan fingerprint density at radius 1 is 1.63 bits per heavy atom. The lowest BCUT2D eigenvalue weighted by atomic mass is 9.99. The lowest BCUT2D eigenvalue weighted by molar-refractivity contribution is -0.148. The number of aromatic nitrogens is 2. The van der Waals surface area contributed by atoms with E-state index in [9.17, 15) is 9.90 Å². The van der Waals surface area contributed by atoms with Crippen molar-refractivity contribution < 1.29 is 9.90 Å². The van der Waals surface area contributed by atoms with Gasteiger partial charge in [0.25, 0.3) is 0 Å². The highest BCUT2D eigenvalue weighted by molar-refractivity contribution is 5.80. The highest BCUT2D eigenvalue weighted by atomic mass is 16.4. The molecule has 1 atom stereocenters. The topological polar surface area (TPSA) is 69.2 Å². The summed E-state index contributed by atoms with van der Waals surface area (Å²) in [5.41, 5.74) is 1.22. The van der Waals surface area contributed by atoms with Gasteiger partial charge >= 0.3 is 5.97 Å². The summed E-state index contributed by atoms with van der Waals surface area (Å²) >= 11 is 0. The van der Waals surface area contributed by atoms with Crippen LogP contribution < -0.4 is 0 Å². The van der Waals surface area contributed by atoms with Gasteiger partial charge < -0.3 is 10.1 Å². The van der Waals surface area contributed by atoms with Gasteiger partial charge in [-0.25, -0.2) is 4.98 Å². The summed E-state index contributed by atoms with van der Waals surface area (Å²) in [6, 6.07) is 3.92. The number of rotatable bonds is 3. The molecule has 1 aliphatic rings. The van der Waals surface area contributed by atoms with E-state index in [1.165, 1.54) is 0 Å². The molecule has 0 amide bonds. The monoisotopic (exact) mass is 259 g/mol. The van der Waals surface area contributed by atoms with Crippen LogP contribution in [0.5, 0.6) is 0 Å².